The van der Waals surface area contributed by atoms with E-state index in [2.05, 4.69) is 0 Å². The van der Waals surface area contributed by atoms with Gasteiger partial charge in [-0.05, 0) is 18.6 Å². The summed E-state index contributed by atoms with van der Waals surface area (Å²) in [7, 11) is 0. The summed E-state index contributed by atoms with van der Waals surface area (Å²) in [5, 5.41) is 8.68. The van der Waals surface area contributed by atoms with Crippen LogP contribution in [0.1, 0.15) is 12.0 Å². The smallest absolute Gasteiger partial charge is 0.328 e. The van der Waals surface area contributed by atoms with Gasteiger partial charge in [0, 0.05) is 31.3 Å². The minimum Gasteiger partial charge on any atom is -0.478 e. The molecule has 1 aliphatic heterocycles. The van der Waals surface area contributed by atoms with Gasteiger partial charge in [-0.15, -0.1) is 0 Å². The summed E-state index contributed by atoms with van der Waals surface area (Å²) in [6.45, 7) is 2.53. The normalized spacial score (nSPS) is 16.6. The van der Waals surface area contributed by atoms with E-state index < -0.39 is 5.97 Å². The first-order valence-electron chi connectivity index (χ1n) is 6.20. The van der Waals surface area contributed by atoms with Gasteiger partial charge in [-0.2, -0.15) is 0 Å². The Morgan fingerprint density at radius 2 is 2.21 bits per heavy atom. The molecule has 1 N–H and O–H groups in total. The number of anilines is 1. The van der Waals surface area contributed by atoms with Gasteiger partial charge in [0.2, 0.25) is 0 Å². The maximum Gasteiger partial charge on any atom is 0.328 e. The molecular weight excluding hydrogens is 249 g/mol. The predicted octanol–water partition coefficient (Wildman–Crippen LogP) is 2.15. The highest BCUT2D eigenvalue weighted by atomic mass is 19.1. The van der Waals surface area contributed by atoms with Gasteiger partial charge >= 0.3 is 5.97 Å². The number of carboxylic acid groups (broad SMARTS) is 1. The lowest BCUT2D eigenvalue weighted by atomic mass is 10.1. The number of hydrogen-bond donors (Lipinski definition) is 1. The van der Waals surface area contributed by atoms with Crippen molar-refractivity contribution >= 4 is 17.7 Å². The summed E-state index contributed by atoms with van der Waals surface area (Å²) >= 11 is 0. The second-order valence-corrected chi connectivity index (χ2v) is 4.30. The van der Waals surface area contributed by atoms with E-state index in [9.17, 15) is 9.18 Å². The first-order chi connectivity index (χ1) is 9.18. The van der Waals surface area contributed by atoms with E-state index in [1.54, 1.807) is 12.1 Å². The van der Waals surface area contributed by atoms with Crippen molar-refractivity contribution in [1.82, 2.24) is 0 Å². The predicted molar refractivity (Wildman–Crippen MR) is 70.7 cm³/mol. The highest BCUT2D eigenvalue weighted by Gasteiger charge is 2.16. The van der Waals surface area contributed by atoms with Gasteiger partial charge in [0.1, 0.15) is 5.82 Å². The molecule has 0 aromatic heterocycles. The third-order valence-corrected chi connectivity index (χ3v) is 2.96. The van der Waals surface area contributed by atoms with Crippen LogP contribution in [0.3, 0.4) is 0 Å². The number of aliphatic carboxylic acids is 1. The highest BCUT2D eigenvalue weighted by molar-refractivity contribution is 5.87. The van der Waals surface area contributed by atoms with Crippen LogP contribution in [0.15, 0.2) is 24.3 Å². The van der Waals surface area contributed by atoms with Gasteiger partial charge in [-0.3, -0.25) is 0 Å². The largest absolute Gasteiger partial charge is 0.478 e. The molecule has 1 fully saturated rings. The molecule has 0 bridgehead atoms. The molecule has 0 spiro atoms. The van der Waals surface area contributed by atoms with E-state index in [-0.39, 0.29) is 5.82 Å². The zero-order chi connectivity index (χ0) is 13.7. The van der Waals surface area contributed by atoms with Crippen molar-refractivity contribution in [3.63, 3.8) is 0 Å². The van der Waals surface area contributed by atoms with Crippen LogP contribution in [0, 0.1) is 5.82 Å². The third-order valence-electron chi connectivity index (χ3n) is 2.96. The van der Waals surface area contributed by atoms with Crippen LogP contribution in [-0.4, -0.2) is 37.4 Å². The van der Waals surface area contributed by atoms with E-state index in [0.29, 0.717) is 37.6 Å². The molecule has 19 heavy (non-hydrogen) atoms. The number of nitrogens with zero attached hydrogens (tertiary/aromatic N) is 1. The molecule has 1 heterocycles. The van der Waals surface area contributed by atoms with Crippen molar-refractivity contribution in [3.8, 4) is 0 Å². The van der Waals surface area contributed by atoms with Crippen LogP contribution in [0.4, 0.5) is 10.1 Å². The second-order valence-electron chi connectivity index (χ2n) is 4.30. The number of ether oxygens (including phenoxy) is 1. The zero-order valence-corrected chi connectivity index (χ0v) is 10.5. The fourth-order valence-corrected chi connectivity index (χ4v) is 2.13. The standard InChI is InChI=1S/C14H16FNO3/c15-12-4-1-3-11(5-6-13(17)18)14(12)16-7-2-9-19-10-8-16/h1,3-6H,2,7-10H2,(H,17,18)/b6-5+. The van der Waals surface area contributed by atoms with E-state index >= 15 is 0 Å². The Morgan fingerprint density at radius 3 is 3.00 bits per heavy atom. The van der Waals surface area contributed by atoms with Crippen molar-refractivity contribution in [3.05, 3.63) is 35.7 Å². The number of carboxylic acids is 1. The Balaban J connectivity index is 2.33. The molecule has 5 heteroatoms. The van der Waals surface area contributed by atoms with E-state index in [1.165, 1.54) is 12.1 Å². The molecule has 1 aromatic carbocycles. The first-order valence-corrected chi connectivity index (χ1v) is 6.20. The molecule has 1 aromatic rings. The molecule has 102 valence electrons. The van der Waals surface area contributed by atoms with Crippen molar-refractivity contribution in [1.29, 1.82) is 0 Å². The van der Waals surface area contributed by atoms with Crippen molar-refractivity contribution in [2.45, 2.75) is 6.42 Å². The number of halogens is 1. The van der Waals surface area contributed by atoms with E-state index in [1.807, 2.05) is 4.90 Å². The molecule has 4 nitrogen and oxygen atoms in total. The summed E-state index contributed by atoms with van der Waals surface area (Å²) in [6, 6.07) is 4.68. The summed E-state index contributed by atoms with van der Waals surface area (Å²) in [6.07, 6.45) is 3.27. The zero-order valence-electron chi connectivity index (χ0n) is 10.5. The molecule has 0 radical (unpaired) electrons. The van der Waals surface area contributed by atoms with Crippen LogP contribution in [0.5, 0.6) is 0 Å². The Morgan fingerprint density at radius 1 is 1.37 bits per heavy atom. The average Bonchev–Trinajstić information content (AvgIpc) is 2.65. The maximum absolute atomic E-state index is 14.0. The fourth-order valence-electron chi connectivity index (χ4n) is 2.13. The van der Waals surface area contributed by atoms with Gasteiger partial charge in [0.25, 0.3) is 0 Å². The van der Waals surface area contributed by atoms with Crippen molar-refractivity contribution in [2.24, 2.45) is 0 Å². The average molecular weight is 265 g/mol. The van der Waals surface area contributed by atoms with Gasteiger partial charge in [0.05, 0.1) is 12.3 Å². The number of para-hydroxylation sites is 1. The number of carbonyl (C=O) groups is 1. The van der Waals surface area contributed by atoms with Crippen LogP contribution >= 0.6 is 0 Å². The van der Waals surface area contributed by atoms with Crippen molar-refractivity contribution in [2.75, 3.05) is 31.2 Å². The fraction of sp³-hybridized carbons (Fsp3) is 0.357. The quantitative estimate of drug-likeness (QED) is 0.851. The lowest BCUT2D eigenvalue weighted by Crippen LogP contribution is -2.27. The van der Waals surface area contributed by atoms with Gasteiger partial charge in [0.15, 0.2) is 0 Å². The first kappa shape index (κ1) is 13.5. The molecule has 0 unspecified atom stereocenters. The topological polar surface area (TPSA) is 49.8 Å². The van der Waals surface area contributed by atoms with Crippen LogP contribution < -0.4 is 4.90 Å². The van der Waals surface area contributed by atoms with Crippen LogP contribution in [0.2, 0.25) is 0 Å². The Bertz CT molecular complexity index is 480. The molecule has 1 saturated heterocycles. The molecule has 1 aliphatic rings. The lowest BCUT2D eigenvalue weighted by Gasteiger charge is -2.24. The van der Waals surface area contributed by atoms with Crippen LogP contribution in [0.25, 0.3) is 6.08 Å². The number of rotatable bonds is 3. The third kappa shape index (κ3) is 3.54. The van der Waals surface area contributed by atoms with E-state index in [0.717, 1.165) is 12.5 Å². The molecule has 0 saturated carbocycles. The van der Waals surface area contributed by atoms with Crippen LogP contribution in [-0.2, 0) is 9.53 Å². The second kappa shape index (κ2) is 6.33. The highest BCUT2D eigenvalue weighted by Crippen LogP contribution is 2.26. The SMILES string of the molecule is O=C(O)/C=C/c1cccc(F)c1N1CCCOCC1. The summed E-state index contributed by atoms with van der Waals surface area (Å²) in [5.41, 5.74) is 1.02. The molecule has 0 amide bonds. The Labute approximate surface area is 111 Å². The van der Waals surface area contributed by atoms with Gasteiger partial charge < -0.3 is 14.7 Å². The van der Waals surface area contributed by atoms with Gasteiger partial charge in [-0.1, -0.05) is 12.1 Å². The summed E-state index contributed by atoms with van der Waals surface area (Å²) < 4.78 is 19.4. The minimum atomic E-state index is -1.05. The Hall–Kier alpha value is -1.88. The monoisotopic (exact) mass is 265 g/mol. The van der Waals surface area contributed by atoms with Crippen molar-refractivity contribution < 1.29 is 19.0 Å². The molecule has 2 rings (SSSR count). The number of hydrogen-bond acceptors (Lipinski definition) is 3. The molecule has 0 atom stereocenters. The number of benzene rings is 1. The maximum atomic E-state index is 14.0. The molecule has 0 aliphatic carbocycles. The molecular formula is C14H16FNO3. The Kier molecular flexibility index (Phi) is 4.52. The summed E-state index contributed by atoms with van der Waals surface area (Å²) in [4.78, 5) is 12.5. The lowest BCUT2D eigenvalue weighted by molar-refractivity contribution is -0.131. The summed E-state index contributed by atoms with van der Waals surface area (Å²) in [5.74, 6) is -1.39. The minimum absolute atomic E-state index is 0.338. The van der Waals surface area contributed by atoms with Gasteiger partial charge in [-0.25, -0.2) is 9.18 Å². The van der Waals surface area contributed by atoms with E-state index in [4.69, 9.17) is 9.84 Å².